The van der Waals surface area contributed by atoms with Gasteiger partial charge in [0.05, 0.1) is 4.90 Å². The van der Waals surface area contributed by atoms with Crippen LogP contribution in [0.2, 0.25) is 0 Å². The van der Waals surface area contributed by atoms with E-state index >= 15 is 0 Å². The summed E-state index contributed by atoms with van der Waals surface area (Å²) in [6, 6.07) is 6.84. The van der Waals surface area contributed by atoms with E-state index in [2.05, 4.69) is 25.2 Å². The van der Waals surface area contributed by atoms with Crippen LogP contribution >= 0.6 is 0 Å². The third kappa shape index (κ3) is 4.41. The van der Waals surface area contributed by atoms with Crippen molar-refractivity contribution in [1.29, 1.82) is 0 Å². The van der Waals surface area contributed by atoms with Crippen LogP contribution < -0.4 is 15.4 Å². The summed E-state index contributed by atoms with van der Waals surface area (Å²) >= 11 is 0. The van der Waals surface area contributed by atoms with Gasteiger partial charge in [-0.2, -0.15) is 0 Å². The Morgan fingerprint density at radius 3 is 2.89 bits per heavy atom. The first-order valence-corrected chi connectivity index (χ1v) is 10.6. The number of benzene rings is 1. The first kappa shape index (κ1) is 19.6. The molecule has 2 aliphatic rings. The highest BCUT2D eigenvalue weighted by Gasteiger charge is 2.42. The number of amides is 1. The number of nitrogens with zero attached hydrogens (tertiary/aromatic N) is 2. The van der Waals surface area contributed by atoms with E-state index in [9.17, 15) is 13.2 Å². The molecule has 1 aromatic rings. The first-order valence-electron chi connectivity index (χ1n) is 9.12. The number of piperidine rings is 1. The molecule has 1 spiro atoms. The highest BCUT2D eigenvalue weighted by atomic mass is 32.2. The molecule has 0 saturated carbocycles. The van der Waals surface area contributed by atoms with E-state index in [0.29, 0.717) is 13.0 Å². The van der Waals surface area contributed by atoms with Crippen molar-refractivity contribution in [2.24, 2.45) is 10.4 Å². The SMILES string of the molecule is CN=C(NCc1cccc(S(=O)(=O)NC)c1)N1CCCC2(CNC(=O)C2)C1. The summed E-state index contributed by atoms with van der Waals surface area (Å²) in [7, 11) is -0.324. The van der Waals surface area contributed by atoms with Gasteiger partial charge in [0.2, 0.25) is 15.9 Å². The minimum atomic E-state index is -3.46. The van der Waals surface area contributed by atoms with Crippen LogP contribution in [0.4, 0.5) is 0 Å². The van der Waals surface area contributed by atoms with Gasteiger partial charge < -0.3 is 15.5 Å². The molecule has 8 nitrogen and oxygen atoms in total. The van der Waals surface area contributed by atoms with E-state index in [1.807, 2.05) is 6.07 Å². The monoisotopic (exact) mass is 393 g/mol. The smallest absolute Gasteiger partial charge is 0.240 e. The van der Waals surface area contributed by atoms with Crippen molar-refractivity contribution in [2.75, 3.05) is 33.7 Å². The fourth-order valence-electron chi connectivity index (χ4n) is 3.88. The van der Waals surface area contributed by atoms with Gasteiger partial charge in [-0.15, -0.1) is 0 Å². The van der Waals surface area contributed by atoms with Gasteiger partial charge in [-0.25, -0.2) is 13.1 Å². The van der Waals surface area contributed by atoms with E-state index in [4.69, 9.17) is 0 Å². The number of hydrogen-bond acceptors (Lipinski definition) is 4. The predicted molar refractivity (Wildman–Crippen MR) is 104 cm³/mol. The molecule has 2 aliphatic heterocycles. The predicted octanol–water partition coefficient (Wildman–Crippen LogP) is 0.272. The maximum absolute atomic E-state index is 12.0. The maximum atomic E-state index is 12.0. The Hall–Kier alpha value is -2.13. The summed E-state index contributed by atoms with van der Waals surface area (Å²) in [6.07, 6.45) is 2.64. The molecule has 148 valence electrons. The second-order valence-electron chi connectivity index (χ2n) is 7.23. The molecule has 1 atom stereocenters. The third-order valence-electron chi connectivity index (χ3n) is 5.30. The normalized spacial score (nSPS) is 23.6. The highest BCUT2D eigenvalue weighted by Crippen LogP contribution is 2.36. The van der Waals surface area contributed by atoms with Crippen LogP contribution in [0.25, 0.3) is 0 Å². The number of nitrogens with one attached hydrogen (secondary N) is 3. The molecule has 9 heteroatoms. The van der Waals surface area contributed by atoms with Crippen LogP contribution in [-0.4, -0.2) is 58.9 Å². The second-order valence-corrected chi connectivity index (χ2v) is 9.12. The molecule has 2 fully saturated rings. The van der Waals surface area contributed by atoms with Crippen LogP contribution in [0.1, 0.15) is 24.8 Å². The molecule has 2 saturated heterocycles. The van der Waals surface area contributed by atoms with Crippen LogP contribution in [0, 0.1) is 5.41 Å². The quantitative estimate of drug-likeness (QED) is 0.503. The molecule has 2 heterocycles. The summed E-state index contributed by atoms with van der Waals surface area (Å²) in [5, 5.41) is 6.28. The lowest BCUT2D eigenvalue weighted by atomic mass is 9.79. The molecule has 3 rings (SSSR count). The topological polar surface area (TPSA) is 103 Å². The van der Waals surface area contributed by atoms with Crippen molar-refractivity contribution in [3.8, 4) is 0 Å². The van der Waals surface area contributed by atoms with Crippen molar-refractivity contribution in [2.45, 2.75) is 30.7 Å². The van der Waals surface area contributed by atoms with Crippen LogP contribution in [-0.2, 0) is 21.4 Å². The fourth-order valence-corrected chi connectivity index (χ4v) is 4.68. The number of sulfonamides is 1. The number of likely N-dealkylation sites (tertiary alicyclic amines) is 1. The van der Waals surface area contributed by atoms with Gasteiger partial charge >= 0.3 is 0 Å². The fraction of sp³-hybridized carbons (Fsp3) is 0.556. The first-order chi connectivity index (χ1) is 12.9. The lowest BCUT2D eigenvalue weighted by Gasteiger charge is -2.40. The number of aliphatic imine (C=N–C) groups is 1. The molecule has 1 unspecified atom stereocenters. The van der Waals surface area contributed by atoms with Gasteiger partial charge in [0.25, 0.3) is 0 Å². The molecule has 0 aliphatic carbocycles. The van der Waals surface area contributed by atoms with Crippen molar-refractivity contribution >= 4 is 21.9 Å². The summed E-state index contributed by atoms with van der Waals surface area (Å²) in [5.41, 5.74) is 0.852. The zero-order chi connectivity index (χ0) is 19.5. The standard InChI is InChI=1S/C18H27N5O3S/c1-19-17(23-8-4-7-18(13-23)10-16(24)22-12-18)21-11-14-5-3-6-15(9-14)27(25,26)20-2/h3,5-6,9,20H,4,7-8,10-13H2,1-2H3,(H,19,21)(H,22,24). The molecular weight excluding hydrogens is 366 g/mol. The number of carbonyl (C=O) groups is 1. The number of rotatable bonds is 4. The second kappa shape index (κ2) is 7.85. The van der Waals surface area contributed by atoms with Gasteiger partial charge in [-0.3, -0.25) is 9.79 Å². The third-order valence-corrected chi connectivity index (χ3v) is 6.71. The molecule has 0 radical (unpaired) electrons. The molecular formula is C18H27N5O3S. The molecule has 1 amide bonds. The average Bonchev–Trinajstić information content (AvgIpc) is 3.02. The Labute approximate surface area is 160 Å². The van der Waals surface area contributed by atoms with Gasteiger partial charge in [0.1, 0.15) is 0 Å². The number of hydrogen-bond donors (Lipinski definition) is 3. The summed E-state index contributed by atoms with van der Waals surface area (Å²) in [4.78, 5) is 18.5. The Kier molecular flexibility index (Phi) is 5.71. The Morgan fingerprint density at radius 1 is 1.41 bits per heavy atom. The van der Waals surface area contributed by atoms with E-state index in [0.717, 1.165) is 44.0 Å². The van der Waals surface area contributed by atoms with Crippen molar-refractivity contribution in [1.82, 2.24) is 20.3 Å². The minimum absolute atomic E-state index is 0.00621. The Bertz CT molecular complexity index is 839. The lowest BCUT2D eigenvalue weighted by molar-refractivity contribution is -0.119. The highest BCUT2D eigenvalue weighted by molar-refractivity contribution is 7.89. The Balaban J connectivity index is 1.66. The molecule has 0 bridgehead atoms. The zero-order valence-corrected chi connectivity index (χ0v) is 16.6. The van der Waals surface area contributed by atoms with Crippen molar-refractivity contribution < 1.29 is 13.2 Å². The van der Waals surface area contributed by atoms with E-state index in [1.54, 1.807) is 25.2 Å². The molecule has 1 aromatic carbocycles. The summed E-state index contributed by atoms with van der Waals surface area (Å²) in [6.45, 7) is 2.88. The van der Waals surface area contributed by atoms with Crippen molar-refractivity contribution in [3.05, 3.63) is 29.8 Å². The van der Waals surface area contributed by atoms with Crippen LogP contribution in [0.15, 0.2) is 34.2 Å². The minimum Gasteiger partial charge on any atom is -0.355 e. The maximum Gasteiger partial charge on any atom is 0.240 e. The van der Waals surface area contributed by atoms with Crippen molar-refractivity contribution in [3.63, 3.8) is 0 Å². The van der Waals surface area contributed by atoms with Gasteiger partial charge in [-0.1, -0.05) is 12.1 Å². The molecule has 27 heavy (non-hydrogen) atoms. The summed E-state index contributed by atoms with van der Waals surface area (Å²) in [5.74, 6) is 0.901. The lowest BCUT2D eigenvalue weighted by Crippen LogP contribution is -2.51. The summed E-state index contributed by atoms with van der Waals surface area (Å²) < 4.78 is 26.3. The van der Waals surface area contributed by atoms with Gasteiger partial charge in [0, 0.05) is 45.1 Å². The van der Waals surface area contributed by atoms with Crippen LogP contribution in [0.3, 0.4) is 0 Å². The number of guanidine groups is 1. The van der Waals surface area contributed by atoms with E-state index < -0.39 is 10.0 Å². The largest absolute Gasteiger partial charge is 0.355 e. The molecule has 0 aromatic heterocycles. The van der Waals surface area contributed by atoms with Crippen LogP contribution in [0.5, 0.6) is 0 Å². The Morgan fingerprint density at radius 2 is 2.22 bits per heavy atom. The van der Waals surface area contributed by atoms with Gasteiger partial charge in [0.15, 0.2) is 5.96 Å². The molecule has 3 N–H and O–H groups in total. The average molecular weight is 394 g/mol. The number of carbonyl (C=O) groups excluding carboxylic acids is 1. The van der Waals surface area contributed by atoms with Gasteiger partial charge in [-0.05, 0) is 37.6 Å². The van der Waals surface area contributed by atoms with E-state index in [1.165, 1.54) is 7.05 Å². The van der Waals surface area contributed by atoms with E-state index in [-0.39, 0.29) is 16.2 Å². The zero-order valence-electron chi connectivity index (χ0n) is 15.8.